The monoisotopic (exact) mass is 596 g/mol. The minimum Gasteiger partial charge on any atom is -0.481 e. The number of likely N-dealkylation sites (tertiary alicyclic amines) is 2. The Bertz CT molecular complexity index is 1240. The van der Waals surface area contributed by atoms with Crippen LogP contribution in [0.15, 0.2) is 60.7 Å². The van der Waals surface area contributed by atoms with E-state index in [0.717, 1.165) is 11.1 Å². The van der Waals surface area contributed by atoms with Gasteiger partial charge < -0.3 is 29.1 Å². The van der Waals surface area contributed by atoms with Crippen LogP contribution in [0, 0.1) is 11.8 Å². The molecule has 4 unspecified atom stereocenters. The molecular weight excluding hydrogens is 556 g/mol. The van der Waals surface area contributed by atoms with Crippen LogP contribution in [0.4, 0.5) is 9.59 Å². The van der Waals surface area contributed by atoms with E-state index in [1.54, 1.807) is 16.7 Å². The number of Topliss-reactive ketones (excluding diaryl/α,β-unsaturated/α-hetero) is 1. The van der Waals surface area contributed by atoms with E-state index >= 15 is 0 Å². The number of ether oxygens (including phenoxy) is 3. The molecule has 2 aliphatic rings. The maximum absolute atomic E-state index is 12.4. The van der Waals surface area contributed by atoms with Crippen LogP contribution in [0.3, 0.4) is 0 Å². The third-order valence-electron chi connectivity index (χ3n) is 7.82. The second-order valence-corrected chi connectivity index (χ2v) is 10.4. The van der Waals surface area contributed by atoms with Gasteiger partial charge in [-0.1, -0.05) is 60.7 Å². The average molecular weight is 597 g/mol. The lowest BCUT2D eigenvalue weighted by Crippen LogP contribution is -2.42. The van der Waals surface area contributed by atoms with E-state index in [-0.39, 0.29) is 36.8 Å². The summed E-state index contributed by atoms with van der Waals surface area (Å²) in [6.07, 6.45) is 0.881. The normalized spacial score (nSPS) is 21.5. The highest BCUT2D eigenvalue weighted by atomic mass is 16.5. The fourth-order valence-corrected chi connectivity index (χ4v) is 5.60. The van der Waals surface area contributed by atoms with Gasteiger partial charge in [-0.2, -0.15) is 0 Å². The Hall–Kier alpha value is -4.41. The SMILES string of the molecule is CCOC(=O)CC(=O)C1CCN(C(=O)OC)C(c2ccccc2)C1.COC(=O)N1CCC(C(=O)O)CC1c1ccccc1. The van der Waals surface area contributed by atoms with Gasteiger partial charge in [0, 0.05) is 19.0 Å². The van der Waals surface area contributed by atoms with E-state index in [1.807, 2.05) is 60.7 Å². The summed E-state index contributed by atoms with van der Waals surface area (Å²) < 4.78 is 14.5. The molecule has 11 nitrogen and oxygen atoms in total. The first-order valence-corrected chi connectivity index (χ1v) is 14.4. The summed E-state index contributed by atoms with van der Waals surface area (Å²) in [7, 11) is 2.69. The topological polar surface area (TPSA) is 140 Å². The Morgan fingerprint density at radius 3 is 1.60 bits per heavy atom. The van der Waals surface area contributed by atoms with Gasteiger partial charge in [0.25, 0.3) is 0 Å². The molecule has 43 heavy (non-hydrogen) atoms. The molecule has 0 aliphatic carbocycles. The summed E-state index contributed by atoms with van der Waals surface area (Å²) in [4.78, 5) is 62.1. The summed E-state index contributed by atoms with van der Waals surface area (Å²) in [5, 5.41) is 9.15. The summed E-state index contributed by atoms with van der Waals surface area (Å²) >= 11 is 0. The number of methoxy groups -OCH3 is 2. The van der Waals surface area contributed by atoms with Gasteiger partial charge in [-0.05, 0) is 43.7 Å². The molecule has 2 saturated heterocycles. The quantitative estimate of drug-likeness (QED) is 0.265. The standard InChI is InChI=1S/C18H23NO5.C14H17NO4/c1-3-24-17(21)12-16(20)14-9-10-19(18(22)23-2)15(11-14)13-7-5-4-6-8-13;1-19-14(18)15-8-7-11(13(16)17)9-12(15)10-5-3-2-4-6-10/h4-8,14-15H,3,9-12H2,1-2H3;2-6,11-12H,7-9H2,1H3,(H,16,17). The summed E-state index contributed by atoms with van der Waals surface area (Å²) in [5.74, 6) is -2.09. The largest absolute Gasteiger partial charge is 0.481 e. The number of ketones is 1. The van der Waals surface area contributed by atoms with Gasteiger partial charge in [0.2, 0.25) is 0 Å². The van der Waals surface area contributed by atoms with Crippen LogP contribution in [0.5, 0.6) is 0 Å². The number of nitrogens with zero attached hydrogens (tertiary/aromatic N) is 2. The highest BCUT2D eigenvalue weighted by molar-refractivity contribution is 5.97. The molecule has 0 saturated carbocycles. The predicted molar refractivity (Wildman–Crippen MR) is 156 cm³/mol. The number of esters is 1. The lowest BCUT2D eigenvalue weighted by atomic mass is 9.84. The number of amides is 2. The Morgan fingerprint density at radius 1 is 0.744 bits per heavy atom. The third kappa shape index (κ3) is 9.04. The van der Waals surface area contributed by atoms with Crippen LogP contribution in [0.1, 0.15) is 62.2 Å². The Kier molecular flexibility index (Phi) is 12.5. The van der Waals surface area contributed by atoms with Crippen molar-refractivity contribution < 1.29 is 43.3 Å². The summed E-state index contributed by atoms with van der Waals surface area (Å²) in [6, 6.07) is 18.6. The number of benzene rings is 2. The molecule has 2 heterocycles. The number of carboxylic acids is 1. The molecule has 2 fully saturated rings. The van der Waals surface area contributed by atoms with Crippen molar-refractivity contribution in [2.75, 3.05) is 33.9 Å². The van der Waals surface area contributed by atoms with E-state index in [9.17, 15) is 24.0 Å². The van der Waals surface area contributed by atoms with Gasteiger partial charge in [-0.15, -0.1) is 0 Å². The van der Waals surface area contributed by atoms with Gasteiger partial charge in [-0.25, -0.2) is 9.59 Å². The molecule has 4 rings (SSSR count). The smallest absolute Gasteiger partial charge is 0.409 e. The van der Waals surface area contributed by atoms with E-state index in [2.05, 4.69) is 0 Å². The molecule has 2 aromatic carbocycles. The number of hydrogen-bond acceptors (Lipinski definition) is 8. The first kappa shape index (κ1) is 33.1. The lowest BCUT2D eigenvalue weighted by molar-refractivity contribution is -0.147. The van der Waals surface area contributed by atoms with Crippen LogP contribution in [-0.4, -0.2) is 78.7 Å². The van der Waals surface area contributed by atoms with Crippen LogP contribution in [0.2, 0.25) is 0 Å². The molecular formula is C32H40N2O9. The molecule has 0 aromatic heterocycles. The van der Waals surface area contributed by atoms with E-state index in [0.29, 0.717) is 38.8 Å². The lowest BCUT2D eigenvalue weighted by Gasteiger charge is -2.38. The predicted octanol–water partition coefficient (Wildman–Crippen LogP) is 5.02. The van der Waals surface area contributed by atoms with E-state index in [1.165, 1.54) is 14.2 Å². The summed E-state index contributed by atoms with van der Waals surface area (Å²) in [5.41, 5.74) is 1.90. The minimum atomic E-state index is -0.801. The van der Waals surface area contributed by atoms with Crippen molar-refractivity contribution in [1.82, 2.24) is 9.80 Å². The Morgan fingerprint density at radius 2 is 1.19 bits per heavy atom. The number of rotatable bonds is 7. The summed E-state index contributed by atoms with van der Waals surface area (Å²) in [6.45, 7) is 2.80. The maximum Gasteiger partial charge on any atom is 0.409 e. The van der Waals surface area contributed by atoms with E-state index in [4.69, 9.17) is 19.3 Å². The van der Waals surface area contributed by atoms with Crippen LogP contribution >= 0.6 is 0 Å². The maximum atomic E-state index is 12.4. The van der Waals surface area contributed by atoms with Gasteiger partial charge in [0.1, 0.15) is 12.2 Å². The molecule has 0 bridgehead atoms. The van der Waals surface area contributed by atoms with Crippen LogP contribution < -0.4 is 0 Å². The molecule has 2 aromatic rings. The van der Waals surface area contributed by atoms with Crippen molar-refractivity contribution in [3.05, 3.63) is 71.8 Å². The second-order valence-electron chi connectivity index (χ2n) is 10.4. The highest BCUT2D eigenvalue weighted by Gasteiger charge is 2.37. The molecule has 1 N–H and O–H groups in total. The molecule has 0 spiro atoms. The molecule has 11 heteroatoms. The number of hydrogen-bond donors (Lipinski definition) is 1. The van der Waals surface area contributed by atoms with Gasteiger partial charge in [0.15, 0.2) is 0 Å². The molecule has 232 valence electrons. The zero-order chi connectivity index (χ0) is 31.4. The number of carbonyl (C=O) groups is 5. The Labute approximate surface area is 251 Å². The van der Waals surface area contributed by atoms with Crippen molar-refractivity contribution in [1.29, 1.82) is 0 Å². The molecule has 0 radical (unpaired) electrons. The fourth-order valence-electron chi connectivity index (χ4n) is 5.60. The first-order valence-electron chi connectivity index (χ1n) is 14.4. The molecule has 4 atom stereocenters. The minimum absolute atomic E-state index is 0.126. The van der Waals surface area contributed by atoms with Gasteiger partial charge in [0.05, 0.1) is 38.8 Å². The van der Waals surface area contributed by atoms with Crippen molar-refractivity contribution in [2.24, 2.45) is 11.8 Å². The average Bonchev–Trinajstić information content (AvgIpc) is 3.04. The second kappa shape index (κ2) is 16.3. The number of piperidine rings is 2. The van der Waals surface area contributed by atoms with Crippen molar-refractivity contribution >= 4 is 29.9 Å². The first-order chi connectivity index (χ1) is 20.7. The van der Waals surface area contributed by atoms with Crippen LogP contribution in [-0.2, 0) is 28.6 Å². The van der Waals surface area contributed by atoms with Gasteiger partial charge in [-0.3, -0.25) is 14.4 Å². The zero-order valence-corrected chi connectivity index (χ0v) is 24.8. The third-order valence-corrected chi connectivity index (χ3v) is 7.82. The van der Waals surface area contributed by atoms with Gasteiger partial charge >= 0.3 is 24.1 Å². The number of carbonyl (C=O) groups excluding carboxylic acids is 4. The van der Waals surface area contributed by atoms with Crippen LogP contribution in [0.25, 0.3) is 0 Å². The molecule has 2 aliphatic heterocycles. The molecule has 2 amide bonds. The fraction of sp³-hybridized carbons (Fsp3) is 0.469. The number of carboxylic acid groups (broad SMARTS) is 1. The van der Waals surface area contributed by atoms with Crippen molar-refractivity contribution in [3.8, 4) is 0 Å². The highest BCUT2D eigenvalue weighted by Crippen LogP contribution is 2.36. The van der Waals surface area contributed by atoms with E-state index < -0.39 is 30.0 Å². The van der Waals surface area contributed by atoms with Crippen molar-refractivity contribution in [3.63, 3.8) is 0 Å². The Balaban J connectivity index is 0.000000242. The van der Waals surface area contributed by atoms with Crippen molar-refractivity contribution in [2.45, 2.75) is 51.1 Å². The number of aliphatic carboxylic acids is 1. The zero-order valence-electron chi connectivity index (χ0n) is 24.8.